The van der Waals surface area contributed by atoms with Gasteiger partial charge in [-0.3, -0.25) is 4.68 Å². The predicted molar refractivity (Wildman–Crippen MR) is 109 cm³/mol. The van der Waals surface area contributed by atoms with Crippen molar-refractivity contribution in [2.45, 2.75) is 32.5 Å². The van der Waals surface area contributed by atoms with Crippen LogP contribution in [0.4, 0.5) is 0 Å². The summed E-state index contributed by atoms with van der Waals surface area (Å²) < 4.78 is 1.68. The van der Waals surface area contributed by atoms with Crippen LogP contribution in [-0.4, -0.2) is 52.9 Å². The van der Waals surface area contributed by atoms with Crippen molar-refractivity contribution < 1.29 is 5.11 Å². The van der Waals surface area contributed by atoms with Crippen molar-refractivity contribution in [3.05, 3.63) is 53.3 Å². The maximum Gasteiger partial charge on any atom is 0.191 e. The molecule has 7 heteroatoms. The zero-order valence-electron chi connectivity index (χ0n) is 17.0. The molecule has 0 fully saturated rings. The summed E-state index contributed by atoms with van der Waals surface area (Å²) in [6.45, 7) is 6.38. The zero-order chi connectivity index (χ0) is 19.9. The number of aliphatic hydroxyl groups is 1. The maximum atomic E-state index is 10.7. The molecule has 3 N–H and O–H groups in total. The van der Waals surface area contributed by atoms with Gasteiger partial charge in [0.25, 0.3) is 0 Å². The lowest BCUT2D eigenvalue weighted by molar-refractivity contribution is 0.0616. The van der Waals surface area contributed by atoms with Gasteiger partial charge in [0, 0.05) is 31.9 Å². The molecule has 7 nitrogen and oxygen atoms in total. The molecule has 2 rings (SSSR count). The quantitative estimate of drug-likeness (QED) is 0.483. The topological polar surface area (TPSA) is 77.7 Å². The minimum atomic E-state index is -1.03. The van der Waals surface area contributed by atoms with E-state index in [9.17, 15) is 5.11 Å². The molecule has 0 amide bonds. The molecule has 2 aromatic rings. The average molecular weight is 373 g/mol. The van der Waals surface area contributed by atoms with Crippen molar-refractivity contribution >= 4 is 5.96 Å². The van der Waals surface area contributed by atoms with Crippen LogP contribution in [0.2, 0.25) is 0 Å². The van der Waals surface area contributed by atoms with E-state index >= 15 is 0 Å². The smallest absolute Gasteiger partial charge is 0.191 e. The van der Waals surface area contributed by atoms with Crippen molar-refractivity contribution in [3.8, 4) is 0 Å². The Morgan fingerprint density at radius 2 is 1.89 bits per heavy atom. The second-order valence-corrected chi connectivity index (χ2v) is 7.28. The molecule has 1 heterocycles. The summed E-state index contributed by atoms with van der Waals surface area (Å²) in [5.41, 5.74) is 2.17. The highest BCUT2D eigenvalue weighted by molar-refractivity contribution is 5.79. The second-order valence-electron chi connectivity index (χ2n) is 7.28. The highest BCUT2D eigenvalue weighted by Gasteiger charge is 2.24. The Labute approximate surface area is 162 Å². The molecular formula is C20H32N6O. The van der Waals surface area contributed by atoms with Gasteiger partial charge in [0.1, 0.15) is 5.60 Å². The predicted octanol–water partition coefficient (Wildman–Crippen LogP) is 1.44. The van der Waals surface area contributed by atoms with E-state index in [1.807, 2.05) is 20.2 Å². The fourth-order valence-corrected chi connectivity index (χ4v) is 2.68. The normalized spacial score (nSPS) is 14.3. The van der Waals surface area contributed by atoms with Gasteiger partial charge in [0.2, 0.25) is 0 Å². The third-order valence-electron chi connectivity index (χ3n) is 4.21. The Morgan fingerprint density at radius 3 is 2.44 bits per heavy atom. The summed E-state index contributed by atoms with van der Waals surface area (Å²) in [5.74, 6) is 0.680. The number of aromatic nitrogens is 2. The fourth-order valence-electron chi connectivity index (χ4n) is 2.68. The third-order valence-corrected chi connectivity index (χ3v) is 4.21. The Kier molecular flexibility index (Phi) is 7.38. The standard InChI is InChI=1S/C20H32N6O/c1-6-21-19(23-15-20(2,27)18-12-24-26(5)14-18)22-11-16-7-9-17(10-8-16)13-25(3)4/h7-10,12,14,27H,6,11,13,15H2,1-5H3,(H2,21,22,23). The number of hydrogen-bond donors (Lipinski definition) is 3. The van der Waals surface area contributed by atoms with Crippen LogP contribution in [0.3, 0.4) is 0 Å². The molecule has 0 aliphatic rings. The number of aliphatic imine (C=N–C) groups is 1. The summed E-state index contributed by atoms with van der Waals surface area (Å²) in [4.78, 5) is 6.78. The van der Waals surface area contributed by atoms with Gasteiger partial charge in [-0.05, 0) is 39.1 Å². The van der Waals surface area contributed by atoms with Gasteiger partial charge in [-0.1, -0.05) is 24.3 Å². The van der Waals surface area contributed by atoms with E-state index in [1.54, 1.807) is 17.8 Å². The number of benzene rings is 1. The number of rotatable bonds is 8. The van der Waals surface area contributed by atoms with Crippen LogP contribution in [0.25, 0.3) is 0 Å². The highest BCUT2D eigenvalue weighted by Crippen LogP contribution is 2.18. The summed E-state index contributed by atoms with van der Waals surface area (Å²) in [6, 6.07) is 8.49. The molecule has 1 unspecified atom stereocenters. The number of nitrogens with one attached hydrogen (secondary N) is 2. The SMILES string of the molecule is CCNC(=NCc1ccc(CN(C)C)cc1)NCC(C)(O)c1cnn(C)c1. The summed E-state index contributed by atoms with van der Waals surface area (Å²) in [5, 5.41) is 21.3. The van der Waals surface area contributed by atoms with Crippen molar-refractivity contribution in [2.24, 2.45) is 12.0 Å². The maximum absolute atomic E-state index is 10.7. The molecule has 0 aliphatic carbocycles. The molecule has 1 aromatic carbocycles. The average Bonchev–Trinajstić information content (AvgIpc) is 3.06. The first-order chi connectivity index (χ1) is 12.8. The second kappa shape index (κ2) is 9.53. The van der Waals surface area contributed by atoms with E-state index in [0.29, 0.717) is 19.0 Å². The minimum Gasteiger partial charge on any atom is -0.383 e. The minimum absolute atomic E-state index is 0.340. The van der Waals surface area contributed by atoms with Crippen LogP contribution in [0.1, 0.15) is 30.5 Å². The molecule has 0 saturated heterocycles. The lowest BCUT2D eigenvalue weighted by Crippen LogP contribution is -2.44. The van der Waals surface area contributed by atoms with Crippen molar-refractivity contribution in [1.82, 2.24) is 25.3 Å². The van der Waals surface area contributed by atoms with Gasteiger partial charge in [-0.25, -0.2) is 4.99 Å². The molecule has 0 bridgehead atoms. The third kappa shape index (κ3) is 6.69. The number of nitrogens with zero attached hydrogens (tertiary/aromatic N) is 4. The highest BCUT2D eigenvalue weighted by atomic mass is 16.3. The van der Waals surface area contributed by atoms with Gasteiger partial charge in [-0.2, -0.15) is 5.10 Å². The molecule has 27 heavy (non-hydrogen) atoms. The van der Waals surface area contributed by atoms with E-state index in [-0.39, 0.29) is 0 Å². The van der Waals surface area contributed by atoms with Crippen molar-refractivity contribution in [2.75, 3.05) is 27.2 Å². The molecule has 1 atom stereocenters. The van der Waals surface area contributed by atoms with Gasteiger partial charge in [-0.15, -0.1) is 0 Å². The van der Waals surface area contributed by atoms with Gasteiger partial charge in [0.05, 0.1) is 19.3 Å². The first kappa shape index (κ1) is 20.9. The summed E-state index contributed by atoms with van der Waals surface area (Å²) in [6.07, 6.45) is 3.50. The van der Waals surface area contributed by atoms with E-state index in [0.717, 1.165) is 24.2 Å². The lowest BCUT2D eigenvalue weighted by Gasteiger charge is -2.23. The van der Waals surface area contributed by atoms with E-state index in [1.165, 1.54) is 5.56 Å². The molecule has 1 aromatic heterocycles. The number of hydrogen-bond acceptors (Lipinski definition) is 4. The van der Waals surface area contributed by atoms with Crippen LogP contribution in [0, 0.1) is 0 Å². The molecule has 0 spiro atoms. The first-order valence-corrected chi connectivity index (χ1v) is 9.26. The largest absolute Gasteiger partial charge is 0.383 e. The van der Waals surface area contributed by atoms with Crippen LogP contribution < -0.4 is 10.6 Å². The van der Waals surface area contributed by atoms with E-state index in [2.05, 4.69) is 64.0 Å². The monoisotopic (exact) mass is 372 g/mol. The summed E-state index contributed by atoms with van der Waals surface area (Å²) in [7, 11) is 5.96. The fraction of sp³-hybridized carbons (Fsp3) is 0.500. The Hall–Kier alpha value is -2.38. The van der Waals surface area contributed by atoms with Gasteiger partial charge >= 0.3 is 0 Å². The van der Waals surface area contributed by atoms with Crippen molar-refractivity contribution in [1.29, 1.82) is 0 Å². The molecule has 0 radical (unpaired) electrons. The van der Waals surface area contributed by atoms with E-state index < -0.39 is 5.60 Å². The summed E-state index contributed by atoms with van der Waals surface area (Å²) >= 11 is 0. The van der Waals surface area contributed by atoms with Crippen LogP contribution in [0.5, 0.6) is 0 Å². The molecule has 148 valence electrons. The molecular weight excluding hydrogens is 340 g/mol. The Bertz CT molecular complexity index is 733. The van der Waals surface area contributed by atoms with Gasteiger partial charge in [0.15, 0.2) is 5.96 Å². The van der Waals surface area contributed by atoms with E-state index in [4.69, 9.17) is 0 Å². The number of guanidine groups is 1. The Morgan fingerprint density at radius 1 is 1.22 bits per heavy atom. The zero-order valence-corrected chi connectivity index (χ0v) is 17.0. The van der Waals surface area contributed by atoms with Crippen LogP contribution in [-0.2, 0) is 25.7 Å². The first-order valence-electron chi connectivity index (χ1n) is 9.26. The molecule has 0 aliphatic heterocycles. The van der Waals surface area contributed by atoms with Crippen LogP contribution in [0.15, 0.2) is 41.7 Å². The van der Waals surface area contributed by atoms with Crippen LogP contribution >= 0.6 is 0 Å². The molecule has 0 saturated carbocycles. The van der Waals surface area contributed by atoms with Crippen molar-refractivity contribution in [3.63, 3.8) is 0 Å². The lowest BCUT2D eigenvalue weighted by atomic mass is 10.00. The van der Waals surface area contributed by atoms with Gasteiger partial charge < -0.3 is 20.6 Å². The number of aryl methyl sites for hydroxylation is 1. The Balaban J connectivity index is 1.97.